The summed E-state index contributed by atoms with van der Waals surface area (Å²) < 4.78 is 0. The number of hydrogen-bond donors (Lipinski definition) is 1. The molecular formula is C12H31N. The van der Waals surface area contributed by atoms with E-state index in [4.69, 9.17) is 5.73 Å². The van der Waals surface area contributed by atoms with Crippen molar-refractivity contribution in [2.45, 2.75) is 67.2 Å². The van der Waals surface area contributed by atoms with Crippen molar-refractivity contribution in [3.05, 3.63) is 0 Å². The monoisotopic (exact) mass is 189 g/mol. The Kier molecular flexibility index (Phi) is 32.6. The van der Waals surface area contributed by atoms with Gasteiger partial charge < -0.3 is 5.73 Å². The third kappa shape index (κ3) is 33.4. The highest BCUT2D eigenvalue weighted by Crippen LogP contribution is 2.00. The Morgan fingerprint density at radius 1 is 0.923 bits per heavy atom. The molecule has 0 rings (SSSR count). The average Bonchev–Trinajstić information content (AvgIpc) is 2.21. The van der Waals surface area contributed by atoms with Crippen LogP contribution in [0.15, 0.2) is 0 Å². The molecule has 0 aromatic heterocycles. The van der Waals surface area contributed by atoms with E-state index in [2.05, 4.69) is 27.7 Å². The molecule has 0 heterocycles. The first-order valence-electron chi connectivity index (χ1n) is 5.92. The van der Waals surface area contributed by atoms with Crippen LogP contribution in [0.25, 0.3) is 0 Å². The molecule has 0 aromatic carbocycles. The van der Waals surface area contributed by atoms with Gasteiger partial charge in [0.25, 0.3) is 0 Å². The van der Waals surface area contributed by atoms with E-state index in [1.807, 2.05) is 13.8 Å². The van der Waals surface area contributed by atoms with E-state index in [9.17, 15) is 0 Å². The molecule has 1 unspecified atom stereocenters. The molecule has 0 spiro atoms. The Bertz CT molecular complexity index is 51.1. The molecule has 0 bridgehead atoms. The van der Waals surface area contributed by atoms with E-state index in [1.54, 1.807) is 0 Å². The van der Waals surface area contributed by atoms with Gasteiger partial charge in [-0.3, -0.25) is 0 Å². The van der Waals surface area contributed by atoms with Gasteiger partial charge in [-0.1, -0.05) is 60.8 Å². The predicted molar refractivity (Wildman–Crippen MR) is 65.1 cm³/mol. The molecule has 0 radical (unpaired) electrons. The van der Waals surface area contributed by atoms with Crippen LogP contribution in [0.1, 0.15) is 67.2 Å². The highest BCUT2D eigenvalue weighted by Gasteiger charge is 1.92. The number of unbranched alkanes of at least 4 members (excludes halogenated alkanes) is 1. The molecule has 1 heteroatoms. The van der Waals surface area contributed by atoms with Crippen LogP contribution in [0.2, 0.25) is 0 Å². The van der Waals surface area contributed by atoms with Crippen LogP contribution in [0, 0.1) is 5.92 Å². The fraction of sp³-hybridized carbons (Fsp3) is 1.00. The first kappa shape index (κ1) is 18.7. The van der Waals surface area contributed by atoms with Gasteiger partial charge in [0.15, 0.2) is 0 Å². The predicted octanol–water partition coefficient (Wildman–Crippen LogP) is 4.21. The van der Waals surface area contributed by atoms with E-state index in [-0.39, 0.29) is 0 Å². The Balaban J connectivity index is -0.000000142. The summed E-state index contributed by atoms with van der Waals surface area (Å²) in [6, 6.07) is 0. The molecule has 0 saturated heterocycles. The molecule has 0 aliphatic rings. The summed E-state index contributed by atoms with van der Waals surface area (Å²) in [5, 5.41) is 0. The van der Waals surface area contributed by atoms with E-state index in [0.717, 1.165) is 12.5 Å². The first-order valence-corrected chi connectivity index (χ1v) is 5.92. The summed E-state index contributed by atoms with van der Waals surface area (Å²) in [4.78, 5) is 0. The lowest BCUT2D eigenvalue weighted by Gasteiger charge is -2.02. The fourth-order valence-electron chi connectivity index (χ4n) is 0.611. The normalized spacial score (nSPS) is 10.4. The molecule has 1 atom stereocenters. The lowest BCUT2D eigenvalue weighted by atomic mass is 10.1. The van der Waals surface area contributed by atoms with Crippen molar-refractivity contribution in [3.8, 4) is 0 Å². The van der Waals surface area contributed by atoms with E-state index in [1.165, 1.54) is 25.7 Å². The van der Waals surface area contributed by atoms with Crippen LogP contribution < -0.4 is 5.73 Å². The number of hydrogen-bond acceptors (Lipinski definition) is 1. The van der Waals surface area contributed by atoms with Crippen molar-refractivity contribution in [1.29, 1.82) is 0 Å². The van der Waals surface area contributed by atoms with Crippen LogP contribution in [0.3, 0.4) is 0 Å². The quantitative estimate of drug-likeness (QED) is 0.704. The van der Waals surface area contributed by atoms with Crippen LogP contribution in [0.4, 0.5) is 0 Å². The fourth-order valence-corrected chi connectivity index (χ4v) is 0.611. The molecule has 84 valence electrons. The summed E-state index contributed by atoms with van der Waals surface area (Å²) in [7, 11) is 0. The van der Waals surface area contributed by atoms with Gasteiger partial charge in [-0.2, -0.15) is 0 Å². The zero-order valence-electron chi connectivity index (χ0n) is 10.7. The molecule has 2 N–H and O–H groups in total. The second kappa shape index (κ2) is 22.7. The minimum absolute atomic E-state index is 0.727. The molecule has 0 amide bonds. The highest BCUT2D eigenvalue weighted by molar-refractivity contribution is 4.49. The molecule has 13 heavy (non-hydrogen) atoms. The maximum absolute atomic E-state index is 5.36. The molecule has 0 fully saturated rings. The summed E-state index contributed by atoms with van der Waals surface area (Å²) in [6.07, 6.45) is 5.18. The van der Waals surface area contributed by atoms with Crippen LogP contribution in [-0.4, -0.2) is 6.54 Å². The lowest BCUT2D eigenvalue weighted by molar-refractivity contribution is 0.536. The van der Waals surface area contributed by atoms with Gasteiger partial charge in [0, 0.05) is 0 Å². The Hall–Kier alpha value is -0.0400. The lowest BCUT2D eigenvalue weighted by Crippen LogP contribution is -2.09. The Morgan fingerprint density at radius 3 is 1.38 bits per heavy atom. The van der Waals surface area contributed by atoms with Gasteiger partial charge in [0.05, 0.1) is 0 Å². The van der Waals surface area contributed by atoms with Crippen molar-refractivity contribution in [2.24, 2.45) is 11.7 Å². The molecule has 0 aromatic rings. The smallest absolute Gasteiger partial charge is 0.00515 e. The van der Waals surface area contributed by atoms with Gasteiger partial charge in [-0.15, -0.1) is 0 Å². The molecular weight excluding hydrogens is 158 g/mol. The standard InChI is InChI=1S/C6H15N.C4H10.C2H6/c1-3-4-6(2)5-7;1-3-4-2;1-2/h6H,3-5,7H2,1-2H3;3-4H2,1-2H3;1-2H3. The summed E-state index contributed by atoms with van der Waals surface area (Å²) in [6.45, 7) is 13.6. The average molecular weight is 189 g/mol. The second-order valence-corrected chi connectivity index (χ2v) is 3.13. The van der Waals surface area contributed by atoms with Crippen LogP contribution >= 0.6 is 0 Å². The molecule has 0 saturated carbocycles. The van der Waals surface area contributed by atoms with Gasteiger partial charge in [-0.25, -0.2) is 0 Å². The third-order valence-corrected chi connectivity index (χ3v) is 1.68. The Labute approximate surface area is 86.1 Å². The van der Waals surface area contributed by atoms with E-state index >= 15 is 0 Å². The van der Waals surface area contributed by atoms with Crippen molar-refractivity contribution in [1.82, 2.24) is 0 Å². The minimum atomic E-state index is 0.727. The highest BCUT2D eigenvalue weighted by atomic mass is 14.5. The maximum Gasteiger partial charge on any atom is -0.00515 e. The van der Waals surface area contributed by atoms with Crippen LogP contribution in [0.5, 0.6) is 0 Å². The first-order chi connectivity index (χ1) is 6.22. The topological polar surface area (TPSA) is 26.0 Å². The SMILES string of the molecule is CC.CCCC.CCCC(C)CN. The zero-order valence-corrected chi connectivity index (χ0v) is 10.7. The summed E-state index contributed by atoms with van der Waals surface area (Å²) >= 11 is 0. The van der Waals surface area contributed by atoms with Crippen molar-refractivity contribution < 1.29 is 0 Å². The third-order valence-electron chi connectivity index (χ3n) is 1.68. The van der Waals surface area contributed by atoms with Crippen molar-refractivity contribution >= 4 is 0 Å². The number of nitrogens with two attached hydrogens (primary N) is 1. The molecule has 0 aliphatic carbocycles. The van der Waals surface area contributed by atoms with Crippen molar-refractivity contribution in [3.63, 3.8) is 0 Å². The molecule has 0 aliphatic heterocycles. The minimum Gasteiger partial charge on any atom is -0.330 e. The Morgan fingerprint density at radius 2 is 1.31 bits per heavy atom. The van der Waals surface area contributed by atoms with E-state index in [0.29, 0.717) is 0 Å². The van der Waals surface area contributed by atoms with Gasteiger partial charge in [0.1, 0.15) is 0 Å². The van der Waals surface area contributed by atoms with Gasteiger partial charge in [-0.05, 0) is 18.9 Å². The van der Waals surface area contributed by atoms with Gasteiger partial charge in [0.2, 0.25) is 0 Å². The number of rotatable bonds is 4. The van der Waals surface area contributed by atoms with Crippen LogP contribution in [-0.2, 0) is 0 Å². The van der Waals surface area contributed by atoms with E-state index < -0.39 is 0 Å². The maximum atomic E-state index is 5.36. The van der Waals surface area contributed by atoms with Gasteiger partial charge >= 0.3 is 0 Å². The summed E-state index contributed by atoms with van der Waals surface area (Å²) in [5.74, 6) is 0.727. The zero-order chi connectivity index (χ0) is 11.1. The summed E-state index contributed by atoms with van der Waals surface area (Å²) in [5.41, 5.74) is 5.36. The van der Waals surface area contributed by atoms with Crippen molar-refractivity contribution in [2.75, 3.05) is 6.54 Å². The molecule has 1 nitrogen and oxygen atoms in total. The largest absolute Gasteiger partial charge is 0.330 e. The second-order valence-electron chi connectivity index (χ2n) is 3.13.